The Morgan fingerprint density at radius 3 is 2.63 bits per heavy atom. The Kier molecular flexibility index (Phi) is 6.18. The van der Waals surface area contributed by atoms with Gasteiger partial charge in [-0.05, 0) is 31.9 Å². The smallest absolute Gasteiger partial charge is 0.305 e. The summed E-state index contributed by atoms with van der Waals surface area (Å²) in [6.07, 6.45) is 1.48. The Hall–Kier alpha value is -2.74. The van der Waals surface area contributed by atoms with Gasteiger partial charge in [0, 0.05) is 25.8 Å². The normalized spacial score (nSPS) is 14.9. The van der Waals surface area contributed by atoms with Crippen LogP contribution in [0.15, 0.2) is 30.3 Å². The SMILES string of the molecule is Cc1c(CC(=O)N(CCC(=O)O)C2CCOCC2)nnn1-c1ccccc1. The highest BCUT2D eigenvalue weighted by molar-refractivity contribution is 5.79. The lowest BCUT2D eigenvalue weighted by atomic mass is 10.1. The number of carboxylic acids is 1. The molecule has 1 saturated heterocycles. The molecular formula is C19H24N4O4. The van der Waals surface area contributed by atoms with Crippen LogP contribution in [0.25, 0.3) is 5.69 Å². The van der Waals surface area contributed by atoms with Gasteiger partial charge in [-0.1, -0.05) is 23.4 Å². The summed E-state index contributed by atoms with van der Waals surface area (Å²) in [5.41, 5.74) is 2.30. The van der Waals surface area contributed by atoms with Crippen LogP contribution in [0.5, 0.6) is 0 Å². The van der Waals surface area contributed by atoms with E-state index < -0.39 is 5.97 Å². The number of amides is 1. The molecule has 0 saturated carbocycles. The van der Waals surface area contributed by atoms with Crippen LogP contribution in [0.1, 0.15) is 30.7 Å². The fourth-order valence-electron chi connectivity index (χ4n) is 3.31. The summed E-state index contributed by atoms with van der Waals surface area (Å²) in [7, 11) is 0. The Bertz CT molecular complexity index is 784. The van der Waals surface area contributed by atoms with E-state index in [0.717, 1.165) is 24.2 Å². The average molecular weight is 372 g/mol. The molecule has 27 heavy (non-hydrogen) atoms. The number of nitrogens with zero attached hydrogens (tertiary/aromatic N) is 4. The van der Waals surface area contributed by atoms with Gasteiger partial charge >= 0.3 is 5.97 Å². The van der Waals surface area contributed by atoms with Gasteiger partial charge in [-0.2, -0.15) is 0 Å². The first kappa shape index (κ1) is 19.0. The van der Waals surface area contributed by atoms with Crippen molar-refractivity contribution >= 4 is 11.9 Å². The number of hydrogen-bond acceptors (Lipinski definition) is 5. The first-order valence-corrected chi connectivity index (χ1v) is 9.12. The molecule has 1 aliphatic rings. The van der Waals surface area contributed by atoms with Crippen molar-refractivity contribution in [1.29, 1.82) is 0 Å². The van der Waals surface area contributed by atoms with Crippen molar-refractivity contribution in [2.75, 3.05) is 19.8 Å². The van der Waals surface area contributed by atoms with Gasteiger partial charge in [0.2, 0.25) is 5.91 Å². The minimum Gasteiger partial charge on any atom is -0.481 e. The van der Waals surface area contributed by atoms with Crippen LogP contribution in [-0.4, -0.2) is 62.7 Å². The first-order chi connectivity index (χ1) is 13.1. The summed E-state index contributed by atoms with van der Waals surface area (Å²) in [6, 6.07) is 9.62. The molecule has 2 heterocycles. The van der Waals surface area contributed by atoms with Crippen molar-refractivity contribution in [3.63, 3.8) is 0 Å². The monoisotopic (exact) mass is 372 g/mol. The van der Waals surface area contributed by atoms with E-state index in [-0.39, 0.29) is 31.3 Å². The van der Waals surface area contributed by atoms with E-state index in [0.29, 0.717) is 18.9 Å². The van der Waals surface area contributed by atoms with Gasteiger partial charge in [-0.15, -0.1) is 5.10 Å². The van der Waals surface area contributed by atoms with Crippen LogP contribution in [0, 0.1) is 6.92 Å². The summed E-state index contributed by atoms with van der Waals surface area (Å²) in [5.74, 6) is -1.03. The summed E-state index contributed by atoms with van der Waals surface area (Å²) in [6.45, 7) is 3.26. The van der Waals surface area contributed by atoms with Crippen LogP contribution >= 0.6 is 0 Å². The van der Waals surface area contributed by atoms with E-state index in [2.05, 4.69) is 10.3 Å². The zero-order chi connectivity index (χ0) is 19.2. The number of rotatable bonds is 7. The Labute approximate surface area is 157 Å². The van der Waals surface area contributed by atoms with Crippen molar-refractivity contribution in [1.82, 2.24) is 19.9 Å². The van der Waals surface area contributed by atoms with Crippen molar-refractivity contribution in [2.24, 2.45) is 0 Å². The highest BCUT2D eigenvalue weighted by Gasteiger charge is 2.27. The summed E-state index contributed by atoms with van der Waals surface area (Å²) < 4.78 is 7.07. The maximum absolute atomic E-state index is 12.9. The first-order valence-electron chi connectivity index (χ1n) is 9.12. The number of benzene rings is 1. The number of para-hydroxylation sites is 1. The van der Waals surface area contributed by atoms with E-state index >= 15 is 0 Å². The fraction of sp³-hybridized carbons (Fsp3) is 0.474. The molecule has 0 bridgehead atoms. The van der Waals surface area contributed by atoms with Crippen molar-refractivity contribution in [3.8, 4) is 5.69 Å². The van der Waals surface area contributed by atoms with Gasteiger partial charge in [0.25, 0.3) is 0 Å². The minimum absolute atomic E-state index is 0.00933. The van der Waals surface area contributed by atoms with Crippen molar-refractivity contribution in [3.05, 3.63) is 41.7 Å². The molecule has 1 aromatic heterocycles. The highest BCUT2D eigenvalue weighted by Crippen LogP contribution is 2.18. The Morgan fingerprint density at radius 1 is 1.26 bits per heavy atom. The van der Waals surface area contributed by atoms with Crippen LogP contribution in [-0.2, 0) is 20.7 Å². The third-order valence-electron chi connectivity index (χ3n) is 4.83. The van der Waals surface area contributed by atoms with Crippen LogP contribution in [0.4, 0.5) is 0 Å². The largest absolute Gasteiger partial charge is 0.481 e. The third kappa shape index (κ3) is 4.71. The highest BCUT2D eigenvalue weighted by atomic mass is 16.5. The number of carboxylic acid groups (broad SMARTS) is 1. The van der Waals surface area contributed by atoms with Crippen molar-refractivity contribution in [2.45, 2.75) is 38.6 Å². The molecule has 0 atom stereocenters. The molecule has 8 nitrogen and oxygen atoms in total. The number of ether oxygens (including phenoxy) is 1. The second kappa shape index (κ2) is 8.77. The second-order valence-corrected chi connectivity index (χ2v) is 6.62. The fourth-order valence-corrected chi connectivity index (χ4v) is 3.31. The van der Waals surface area contributed by atoms with Crippen LogP contribution in [0.3, 0.4) is 0 Å². The predicted octanol–water partition coefficient (Wildman–Crippen LogP) is 1.60. The van der Waals surface area contributed by atoms with Crippen LogP contribution in [0.2, 0.25) is 0 Å². The van der Waals surface area contributed by atoms with E-state index in [1.165, 1.54) is 0 Å². The molecule has 0 radical (unpaired) electrons. The summed E-state index contributed by atoms with van der Waals surface area (Å²) in [4.78, 5) is 25.6. The zero-order valence-corrected chi connectivity index (χ0v) is 15.4. The number of aliphatic carboxylic acids is 1. The maximum atomic E-state index is 12.9. The van der Waals surface area contributed by atoms with E-state index in [1.807, 2.05) is 37.3 Å². The molecule has 1 aromatic carbocycles. The van der Waals surface area contributed by atoms with Crippen molar-refractivity contribution < 1.29 is 19.4 Å². The molecule has 1 aliphatic heterocycles. The van der Waals surface area contributed by atoms with Gasteiger partial charge < -0.3 is 14.7 Å². The average Bonchev–Trinajstić information content (AvgIpc) is 3.03. The molecule has 144 valence electrons. The number of carbonyl (C=O) groups is 2. The van der Waals surface area contributed by atoms with Crippen LogP contribution < -0.4 is 0 Å². The lowest BCUT2D eigenvalue weighted by molar-refractivity contribution is -0.140. The predicted molar refractivity (Wildman–Crippen MR) is 97.6 cm³/mol. The standard InChI is InChI=1S/C19H24N4O4/c1-14-17(20-21-23(14)16-5-3-2-4-6-16)13-18(24)22(10-7-19(25)26)15-8-11-27-12-9-15/h2-6,15H,7-13H2,1H3,(H,25,26). The van der Waals surface area contributed by atoms with Gasteiger partial charge in [-0.3, -0.25) is 9.59 Å². The van der Waals surface area contributed by atoms with E-state index in [1.54, 1.807) is 9.58 Å². The topological polar surface area (TPSA) is 97.6 Å². The van der Waals surface area contributed by atoms with E-state index in [4.69, 9.17) is 9.84 Å². The lowest BCUT2D eigenvalue weighted by Gasteiger charge is -2.34. The number of aromatic nitrogens is 3. The molecule has 1 fully saturated rings. The van der Waals surface area contributed by atoms with E-state index in [9.17, 15) is 9.59 Å². The lowest BCUT2D eigenvalue weighted by Crippen LogP contribution is -2.45. The molecule has 0 unspecified atom stereocenters. The van der Waals surface area contributed by atoms with Gasteiger partial charge in [0.05, 0.1) is 29.9 Å². The molecule has 8 heteroatoms. The molecule has 1 N–H and O–H groups in total. The zero-order valence-electron chi connectivity index (χ0n) is 15.4. The molecule has 1 amide bonds. The summed E-state index contributed by atoms with van der Waals surface area (Å²) in [5, 5.41) is 17.4. The molecule has 2 aromatic rings. The third-order valence-corrected chi connectivity index (χ3v) is 4.83. The molecule has 0 aliphatic carbocycles. The molecule has 3 rings (SSSR count). The Balaban J connectivity index is 1.74. The summed E-state index contributed by atoms with van der Waals surface area (Å²) >= 11 is 0. The quantitative estimate of drug-likeness (QED) is 0.793. The maximum Gasteiger partial charge on any atom is 0.305 e. The number of carbonyl (C=O) groups excluding carboxylic acids is 1. The Morgan fingerprint density at radius 2 is 1.96 bits per heavy atom. The number of hydrogen-bond donors (Lipinski definition) is 1. The van der Waals surface area contributed by atoms with Gasteiger partial charge in [0.15, 0.2) is 0 Å². The second-order valence-electron chi connectivity index (χ2n) is 6.62. The molecular weight excluding hydrogens is 348 g/mol. The molecule has 0 spiro atoms. The van der Waals surface area contributed by atoms with Gasteiger partial charge in [-0.25, -0.2) is 4.68 Å². The minimum atomic E-state index is -0.911. The van der Waals surface area contributed by atoms with Gasteiger partial charge in [0.1, 0.15) is 0 Å².